The van der Waals surface area contributed by atoms with Gasteiger partial charge in [-0.2, -0.15) is 0 Å². The summed E-state index contributed by atoms with van der Waals surface area (Å²) in [5.74, 6) is -1.27. The fourth-order valence-corrected chi connectivity index (χ4v) is 1.86. The third kappa shape index (κ3) is 3.21. The van der Waals surface area contributed by atoms with E-state index in [2.05, 4.69) is 26.2 Å². The van der Waals surface area contributed by atoms with Gasteiger partial charge in [0.1, 0.15) is 11.0 Å². The smallest absolute Gasteiger partial charge is 0.258 e. The lowest BCUT2D eigenvalue weighted by atomic mass is 10.2. The summed E-state index contributed by atoms with van der Waals surface area (Å²) in [6.07, 6.45) is 1.38. The number of rotatable bonds is 2. The molecule has 2 aromatic rings. The average molecular weight is 345 g/mol. The fourth-order valence-electron chi connectivity index (χ4n) is 1.40. The lowest BCUT2D eigenvalue weighted by Crippen LogP contribution is -2.14. The van der Waals surface area contributed by atoms with Gasteiger partial charge in [0, 0.05) is 5.69 Å². The van der Waals surface area contributed by atoms with Crippen molar-refractivity contribution in [2.24, 2.45) is 0 Å². The summed E-state index contributed by atoms with van der Waals surface area (Å²) in [7, 11) is 0. The van der Waals surface area contributed by atoms with E-state index in [9.17, 15) is 9.18 Å². The highest BCUT2D eigenvalue weighted by Crippen LogP contribution is 2.23. The molecule has 0 bridgehead atoms. The maximum atomic E-state index is 13.6. The van der Waals surface area contributed by atoms with Crippen LogP contribution >= 0.6 is 27.5 Å². The predicted molar refractivity (Wildman–Crippen MR) is 75.7 cm³/mol. The Bertz CT molecular complexity index is 651. The van der Waals surface area contributed by atoms with Gasteiger partial charge < -0.3 is 11.1 Å². The summed E-state index contributed by atoms with van der Waals surface area (Å²) in [6, 6.07) is 5.43. The molecule has 2 rings (SSSR count). The van der Waals surface area contributed by atoms with E-state index in [0.29, 0.717) is 10.2 Å². The second-order valence-electron chi connectivity index (χ2n) is 3.69. The van der Waals surface area contributed by atoms with Crippen molar-refractivity contribution < 1.29 is 9.18 Å². The van der Waals surface area contributed by atoms with Crippen molar-refractivity contribution in [3.05, 3.63) is 51.5 Å². The molecule has 0 saturated heterocycles. The van der Waals surface area contributed by atoms with Crippen LogP contribution in [-0.2, 0) is 0 Å². The van der Waals surface area contributed by atoms with Gasteiger partial charge in [0.05, 0.1) is 21.9 Å². The molecule has 0 fully saturated rings. The molecule has 0 saturated carbocycles. The monoisotopic (exact) mass is 343 g/mol. The first-order valence-electron chi connectivity index (χ1n) is 5.15. The van der Waals surface area contributed by atoms with Crippen LogP contribution in [0.1, 0.15) is 10.4 Å². The molecule has 0 unspecified atom stereocenters. The molecule has 1 heterocycles. The molecule has 1 aromatic heterocycles. The number of hydrogen-bond acceptors (Lipinski definition) is 3. The number of hydrogen-bond donors (Lipinski definition) is 2. The van der Waals surface area contributed by atoms with E-state index >= 15 is 0 Å². The molecule has 0 aliphatic heterocycles. The molecule has 4 nitrogen and oxygen atoms in total. The number of pyridine rings is 1. The Morgan fingerprint density at radius 3 is 2.79 bits per heavy atom. The number of carbonyl (C=O) groups is 1. The highest BCUT2D eigenvalue weighted by Gasteiger charge is 2.12. The Labute approximate surface area is 121 Å². The third-order valence-corrected chi connectivity index (χ3v) is 3.43. The van der Waals surface area contributed by atoms with Crippen molar-refractivity contribution in [3.63, 3.8) is 0 Å². The first-order chi connectivity index (χ1) is 8.97. The van der Waals surface area contributed by atoms with Gasteiger partial charge in [-0.15, -0.1) is 0 Å². The van der Waals surface area contributed by atoms with Crippen molar-refractivity contribution in [1.29, 1.82) is 0 Å². The maximum absolute atomic E-state index is 13.6. The number of amides is 1. The number of nitrogen functional groups attached to an aromatic ring is 1. The van der Waals surface area contributed by atoms with Crippen molar-refractivity contribution in [2.75, 3.05) is 11.1 Å². The number of aromatic nitrogens is 1. The minimum atomic E-state index is -0.682. The minimum absolute atomic E-state index is 0.0970. The van der Waals surface area contributed by atoms with Crippen LogP contribution in [0.25, 0.3) is 0 Å². The predicted octanol–water partition coefficient (Wildman–Crippen LogP) is 3.47. The number of halogens is 3. The number of benzene rings is 1. The van der Waals surface area contributed by atoms with Crippen LogP contribution in [0.5, 0.6) is 0 Å². The molecule has 7 heteroatoms. The van der Waals surface area contributed by atoms with Gasteiger partial charge in [-0.1, -0.05) is 11.6 Å². The summed E-state index contributed by atoms with van der Waals surface area (Å²) >= 11 is 8.91. The van der Waals surface area contributed by atoms with Crippen LogP contribution < -0.4 is 11.1 Å². The maximum Gasteiger partial charge on any atom is 0.258 e. The third-order valence-electron chi connectivity index (χ3n) is 2.29. The highest BCUT2D eigenvalue weighted by atomic mass is 79.9. The van der Waals surface area contributed by atoms with E-state index in [-0.39, 0.29) is 16.4 Å². The van der Waals surface area contributed by atoms with E-state index in [4.69, 9.17) is 17.3 Å². The molecule has 0 atom stereocenters. The Kier molecular flexibility index (Phi) is 4.01. The van der Waals surface area contributed by atoms with Gasteiger partial charge >= 0.3 is 0 Å². The van der Waals surface area contributed by atoms with Crippen LogP contribution in [0.3, 0.4) is 0 Å². The summed E-state index contributed by atoms with van der Waals surface area (Å²) in [5, 5.41) is 2.79. The number of anilines is 2. The van der Waals surface area contributed by atoms with E-state index in [1.165, 1.54) is 18.3 Å². The molecule has 1 aromatic carbocycles. The topological polar surface area (TPSA) is 68.0 Å². The molecule has 0 radical (unpaired) electrons. The Morgan fingerprint density at radius 1 is 1.42 bits per heavy atom. The summed E-state index contributed by atoms with van der Waals surface area (Å²) in [5.41, 5.74) is 5.97. The van der Waals surface area contributed by atoms with Crippen LogP contribution in [0.2, 0.25) is 5.15 Å². The summed E-state index contributed by atoms with van der Waals surface area (Å²) < 4.78 is 14.1. The van der Waals surface area contributed by atoms with E-state index < -0.39 is 11.7 Å². The van der Waals surface area contributed by atoms with Crippen molar-refractivity contribution in [1.82, 2.24) is 4.98 Å². The number of nitrogens with zero attached hydrogens (tertiary/aromatic N) is 1. The summed E-state index contributed by atoms with van der Waals surface area (Å²) in [4.78, 5) is 15.7. The minimum Gasteiger partial charge on any atom is -0.399 e. The SMILES string of the molecule is Nc1ccc(C(=O)Nc2cnc(Cl)c(Br)c2)c(F)c1. The largest absolute Gasteiger partial charge is 0.399 e. The van der Waals surface area contributed by atoms with E-state index in [0.717, 1.165) is 6.07 Å². The fraction of sp³-hybridized carbons (Fsp3) is 0. The van der Waals surface area contributed by atoms with E-state index in [1.807, 2.05) is 0 Å². The molecule has 1 amide bonds. The Morgan fingerprint density at radius 2 is 2.16 bits per heavy atom. The van der Waals surface area contributed by atoms with Crippen LogP contribution in [0, 0.1) is 5.82 Å². The number of nitrogens with two attached hydrogens (primary N) is 1. The Hall–Kier alpha value is -1.66. The zero-order valence-electron chi connectivity index (χ0n) is 9.45. The van der Waals surface area contributed by atoms with Gasteiger partial charge in [-0.25, -0.2) is 9.37 Å². The lowest BCUT2D eigenvalue weighted by Gasteiger charge is -2.07. The van der Waals surface area contributed by atoms with Gasteiger partial charge in [-0.3, -0.25) is 4.79 Å². The standard InChI is InChI=1S/C12H8BrClFN3O/c13-9-4-7(5-17-11(9)14)18-12(19)8-2-1-6(16)3-10(8)15/h1-5H,16H2,(H,18,19). The second kappa shape index (κ2) is 5.54. The Balaban J connectivity index is 2.23. The number of nitrogens with one attached hydrogen (secondary N) is 1. The first-order valence-corrected chi connectivity index (χ1v) is 6.32. The van der Waals surface area contributed by atoms with Crippen molar-refractivity contribution >= 4 is 44.8 Å². The zero-order valence-corrected chi connectivity index (χ0v) is 11.8. The molecular weight excluding hydrogens is 337 g/mol. The molecular formula is C12H8BrClFN3O. The molecule has 0 spiro atoms. The number of carbonyl (C=O) groups excluding carboxylic acids is 1. The van der Waals surface area contributed by atoms with Gasteiger partial charge in [0.15, 0.2) is 0 Å². The van der Waals surface area contributed by atoms with Crippen molar-refractivity contribution in [2.45, 2.75) is 0 Å². The average Bonchev–Trinajstić information content (AvgIpc) is 2.33. The highest BCUT2D eigenvalue weighted by molar-refractivity contribution is 9.10. The molecule has 98 valence electrons. The van der Waals surface area contributed by atoms with Gasteiger partial charge in [-0.05, 0) is 40.2 Å². The molecule has 3 N–H and O–H groups in total. The lowest BCUT2D eigenvalue weighted by molar-refractivity contribution is 0.102. The van der Waals surface area contributed by atoms with Gasteiger partial charge in [0.2, 0.25) is 0 Å². The van der Waals surface area contributed by atoms with Crippen LogP contribution in [0.4, 0.5) is 15.8 Å². The first kappa shape index (κ1) is 13.8. The van der Waals surface area contributed by atoms with Crippen molar-refractivity contribution in [3.8, 4) is 0 Å². The summed E-state index contributed by atoms with van der Waals surface area (Å²) in [6.45, 7) is 0. The van der Waals surface area contributed by atoms with E-state index in [1.54, 1.807) is 6.07 Å². The normalized spacial score (nSPS) is 10.3. The molecule has 0 aliphatic rings. The molecule has 0 aliphatic carbocycles. The zero-order chi connectivity index (χ0) is 14.0. The quantitative estimate of drug-likeness (QED) is 0.647. The van der Waals surface area contributed by atoms with Gasteiger partial charge in [0.25, 0.3) is 5.91 Å². The van der Waals surface area contributed by atoms with Crippen LogP contribution in [0.15, 0.2) is 34.9 Å². The van der Waals surface area contributed by atoms with Crippen LogP contribution in [-0.4, -0.2) is 10.9 Å². The molecule has 19 heavy (non-hydrogen) atoms. The second-order valence-corrected chi connectivity index (χ2v) is 4.90.